The summed E-state index contributed by atoms with van der Waals surface area (Å²) in [5.41, 5.74) is -2.38. The molecule has 0 spiro atoms. The molecular formula is C9H5ClF4O2. The van der Waals surface area contributed by atoms with Gasteiger partial charge in [0.15, 0.2) is 23.3 Å². The van der Waals surface area contributed by atoms with Crippen LogP contribution in [0.5, 0.6) is 0 Å². The lowest BCUT2D eigenvalue weighted by Crippen LogP contribution is -2.11. The summed E-state index contributed by atoms with van der Waals surface area (Å²) in [6.07, 6.45) is 0. The van der Waals surface area contributed by atoms with Gasteiger partial charge in [0.25, 0.3) is 5.24 Å². The first-order valence-corrected chi connectivity index (χ1v) is 4.33. The SMILES string of the molecule is COCc1c(F)c(F)c(C(=O)Cl)c(F)c1F. The first-order valence-electron chi connectivity index (χ1n) is 3.95. The zero-order valence-electron chi connectivity index (χ0n) is 7.91. The lowest BCUT2D eigenvalue weighted by Gasteiger charge is -2.08. The number of methoxy groups -OCH3 is 1. The molecular weight excluding hydrogens is 252 g/mol. The summed E-state index contributed by atoms with van der Waals surface area (Å²) in [5, 5.41) is -1.61. The van der Waals surface area contributed by atoms with Gasteiger partial charge < -0.3 is 4.74 Å². The molecule has 0 radical (unpaired) electrons. The predicted octanol–water partition coefficient (Wildman–Crippen LogP) is 2.77. The molecule has 0 unspecified atom stereocenters. The van der Waals surface area contributed by atoms with Gasteiger partial charge in [-0.15, -0.1) is 0 Å². The Labute approximate surface area is 92.8 Å². The van der Waals surface area contributed by atoms with Gasteiger partial charge in [-0.2, -0.15) is 0 Å². The van der Waals surface area contributed by atoms with Crippen LogP contribution in [0.15, 0.2) is 0 Å². The van der Waals surface area contributed by atoms with Crippen molar-refractivity contribution in [1.82, 2.24) is 0 Å². The second kappa shape index (κ2) is 4.80. The lowest BCUT2D eigenvalue weighted by atomic mass is 10.1. The largest absolute Gasteiger partial charge is 0.380 e. The van der Waals surface area contributed by atoms with Gasteiger partial charge in [-0.1, -0.05) is 0 Å². The highest BCUT2D eigenvalue weighted by Crippen LogP contribution is 2.25. The average molecular weight is 257 g/mol. The third-order valence-corrected chi connectivity index (χ3v) is 2.03. The Balaban J connectivity index is 3.56. The van der Waals surface area contributed by atoms with Gasteiger partial charge in [-0.25, -0.2) is 17.6 Å². The van der Waals surface area contributed by atoms with E-state index in [1.807, 2.05) is 0 Å². The standard InChI is InChI=1S/C9H5ClF4O2/c1-16-2-3-5(11)7(13)4(9(10)15)8(14)6(3)12/h2H2,1H3. The second-order valence-corrected chi connectivity index (χ2v) is 3.16. The molecule has 0 atom stereocenters. The maximum atomic E-state index is 13.2. The van der Waals surface area contributed by atoms with Gasteiger partial charge in [-0.05, 0) is 11.6 Å². The molecule has 0 saturated carbocycles. The Morgan fingerprint density at radius 3 is 1.88 bits per heavy atom. The van der Waals surface area contributed by atoms with E-state index in [1.54, 1.807) is 0 Å². The van der Waals surface area contributed by atoms with Crippen LogP contribution in [0, 0.1) is 23.3 Å². The van der Waals surface area contributed by atoms with Crippen molar-refractivity contribution in [3.8, 4) is 0 Å². The summed E-state index contributed by atoms with van der Waals surface area (Å²) in [4.78, 5) is 10.6. The molecule has 0 N–H and O–H groups in total. The number of rotatable bonds is 3. The molecule has 7 heteroatoms. The quantitative estimate of drug-likeness (QED) is 0.472. The fourth-order valence-electron chi connectivity index (χ4n) is 1.12. The maximum absolute atomic E-state index is 13.2. The van der Waals surface area contributed by atoms with Crippen LogP contribution in [0.1, 0.15) is 15.9 Å². The van der Waals surface area contributed by atoms with E-state index < -0.39 is 46.2 Å². The number of ether oxygens (including phenoxy) is 1. The highest BCUT2D eigenvalue weighted by Gasteiger charge is 2.28. The third-order valence-electron chi connectivity index (χ3n) is 1.84. The topological polar surface area (TPSA) is 26.3 Å². The summed E-state index contributed by atoms with van der Waals surface area (Å²) in [5.74, 6) is -7.04. The number of carbonyl (C=O) groups excluding carboxylic acids is 1. The summed E-state index contributed by atoms with van der Waals surface area (Å²) in [6.45, 7) is -0.664. The molecule has 1 rings (SSSR count). The Morgan fingerprint density at radius 1 is 1.12 bits per heavy atom. The normalized spacial score (nSPS) is 10.6. The van der Waals surface area contributed by atoms with Crippen molar-refractivity contribution in [2.45, 2.75) is 6.61 Å². The Bertz CT molecular complexity index is 419. The summed E-state index contributed by atoms with van der Waals surface area (Å²) in [6, 6.07) is 0. The molecule has 0 bridgehead atoms. The van der Waals surface area contributed by atoms with Crippen LogP contribution in [-0.2, 0) is 11.3 Å². The Morgan fingerprint density at radius 2 is 1.56 bits per heavy atom. The summed E-state index contributed by atoms with van der Waals surface area (Å²) >= 11 is 4.80. The molecule has 0 heterocycles. The van der Waals surface area contributed by atoms with Crippen molar-refractivity contribution in [1.29, 1.82) is 0 Å². The van der Waals surface area contributed by atoms with E-state index in [4.69, 9.17) is 11.6 Å². The summed E-state index contributed by atoms with van der Waals surface area (Å²) < 4.78 is 57.0. The van der Waals surface area contributed by atoms with Crippen LogP contribution in [0.3, 0.4) is 0 Å². The minimum absolute atomic E-state index is 0.664. The molecule has 0 aliphatic rings. The Kier molecular flexibility index (Phi) is 3.88. The molecule has 2 nitrogen and oxygen atoms in total. The zero-order chi connectivity index (χ0) is 12.5. The molecule has 0 aliphatic carbocycles. The molecule has 0 saturated heterocycles. The van der Waals surface area contributed by atoms with Gasteiger partial charge >= 0.3 is 0 Å². The average Bonchev–Trinajstić information content (AvgIpc) is 2.21. The third kappa shape index (κ3) is 2.03. The highest BCUT2D eigenvalue weighted by atomic mass is 35.5. The van der Waals surface area contributed by atoms with Crippen LogP contribution in [0.4, 0.5) is 17.6 Å². The molecule has 0 aliphatic heterocycles. The smallest absolute Gasteiger partial charge is 0.258 e. The lowest BCUT2D eigenvalue weighted by molar-refractivity contribution is 0.107. The fourth-order valence-corrected chi connectivity index (χ4v) is 1.29. The van der Waals surface area contributed by atoms with E-state index >= 15 is 0 Å². The minimum Gasteiger partial charge on any atom is -0.380 e. The first kappa shape index (κ1) is 12.9. The first-order chi connectivity index (χ1) is 7.41. The highest BCUT2D eigenvalue weighted by molar-refractivity contribution is 6.67. The van der Waals surface area contributed by atoms with Crippen molar-refractivity contribution in [3.05, 3.63) is 34.4 Å². The molecule has 0 fully saturated rings. The number of hydrogen-bond acceptors (Lipinski definition) is 2. The Hall–Kier alpha value is -1.14. The van der Waals surface area contributed by atoms with E-state index in [2.05, 4.69) is 4.74 Å². The molecule has 88 valence electrons. The van der Waals surface area contributed by atoms with Crippen LogP contribution < -0.4 is 0 Å². The van der Waals surface area contributed by atoms with Crippen LogP contribution in [0.25, 0.3) is 0 Å². The van der Waals surface area contributed by atoms with E-state index in [-0.39, 0.29) is 0 Å². The minimum atomic E-state index is -1.83. The molecule has 0 aromatic heterocycles. The van der Waals surface area contributed by atoms with E-state index in [1.165, 1.54) is 0 Å². The van der Waals surface area contributed by atoms with E-state index in [0.717, 1.165) is 7.11 Å². The number of benzene rings is 1. The monoisotopic (exact) mass is 256 g/mol. The van der Waals surface area contributed by atoms with Gasteiger partial charge in [0.1, 0.15) is 5.56 Å². The van der Waals surface area contributed by atoms with Gasteiger partial charge in [0, 0.05) is 7.11 Å². The van der Waals surface area contributed by atoms with Crippen LogP contribution in [0.2, 0.25) is 0 Å². The van der Waals surface area contributed by atoms with Crippen molar-refractivity contribution in [3.63, 3.8) is 0 Å². The molecule has 1 aromatic rings. The van der Waals surface area contributed by atoms with Crippen molar-refractivity contribution >= 4 is 16.8 Å². The number of hydrogen-bond donors (Lipinski definition) is 0. The van der Waals surface area contributed by atoms with Crippen LogP contribution in [-0.4, -0.2) is 12.4 Å². The number of carbonyl (C=O) groups is 1. The zero-order valence-corrected chi connectivity index (χ0v) is 8.67. The molecule has 0 amide bonds. The van der Waals surface area contributed by atoms with Crippen LogP contribution >= 0.6 is 11.6 Å². The summed E-state index contributed by atoms with van der Waals surface area (Å²) in [7, 11) is 1.09. The van der Waals surface area contributed by atoms with Gasteiger partial charge in [-0.3, -0.25) is 4.79 Å². The van der Waals surface area contributed by atoms with Gasteiger partial charge in [0.05, 0.1) is 12.2 Å². The van der Waals surface area contributed by atoms with Crippen molar-refractivity contribution in [2.75, 3.05) is 7.11 Å². The maximum Gasteiger partial charge on any atom is 0.258 e. The van der Waals surface area contributed by atoms with Gasteiger partial charge in [0.2, 0.25) is 0 Å². The molecule has 16 heavy (non-hydrogen) atoms. The van der Waals surface area contributed by atoms with E-state index in [9.17, 15) is 22.4 Å². The fraction of sp³-hybridized carbons (Fsp3) is 0.222. The van der Waals surface area contributed by atoms with Crippen molar-refractivity contribution < 1.29 is 27.1 Å². The molecule has 1 aromatic carbocycles. The van der Waals surface area contributed by atoms with E-state index in [0.29, 0.717) is 0 Å². The number of halogens is 5. The van der Waals surface area contributed by atoms with Crippen molar-refractivity contribution in [2.24, 2.45) is 0 Å². The second-order valence-electron chi connectivity index (χ2n) is 2.82. The predicted molar refractivity (Wildman–Crippen MR) is 47.2 cm³/mol.